The van der Waals surface area contributed by atoms with Gasteiger partial charge in [0.25, 0.3) is 17.1 Å². The summed E-state index contributed by atoms with van der Waals surface area (Å²) in [5, 5.41) is 31.9. The first-order valence-corrected chi connectivity index (χ1v) is 20.4. The van der Waals surface area contributed by atoms with E-state index in [1.807, 2.05) is 0 Å². The molecule has 11 atom stereocenters. The summed E-state index contributed by atoms with van der Waals surface area (Å²) >= 11 is 4.60. The summed E-state index contributed by atoms with van der Waals surface area (Å²) in [6, 6.07) is 0. The van der Waals surface area contributed by atoms with Crippen LogP contribution in [0, 0.1) is 0 Å². The number of aryl methyl sites for hydroxylation is 1. The quantitative estimate of drug-likeness (QED) is 0.0456. The van der Waals surface area contributed by atoms with Crippen LogP contribution in [0.4, 0.5) is 11.9 Å². The third kappa shape index (κ3) is 8.00. The molecular formula is C22H32N10O17P3S+. The fourth-order valence-corrected chi connectivity index (χ4v) is 10.7. The number of hydrogen-bond donors (Lipinski definition) is 10. The molecular weight excluding hydrogens is 801 g/mol. The Hall–Kier alpha value is -3.11. The minimum atomic E-state index is -5.47. The number of nitrogens with zero attached hydrogens (tertiary/aromatic N) is 6. The number of phosphoric ester groups is 2. The zero-order valence-electron chi connectivity index (χ0n) is 26.9. The van der Waals surface area contributed by atoms with Crippen LogP contribution in [0.25, 0.3) is 22.3 Å². The van der Waals surface area contributed by atoms with Crippen molar-refractivity contribution >= 4 is 68.4 Å². The number of aliphatic hydroxyl groups is 3. The lowest BCUT2D eigenvalue weighted by atomic mass is 10.1. The molecule has 4 aromatic heterocycles. The standard InChI is InChI=1S/C22H31N10O17P3S/c1-30-6-32(16-10(30)18(37)29-22(24)27-16)20-14(43-2)12(34)8(47-20)4-45-51(40,41)49-52(42,53)48-50(38,39)44-3-7-11(33)13(35)19(46-7)31-5-25-9-15(31)26-21(23)28-17(9)36/h5-8,11-14,19-20,33-35H,3-4H2,1-2H3,(H8-,23,24,26,27,28,29,36,37,38,39,40,41,42,53)/p+1/t7-,8-,11-,12?,13-,14+,19-,20-,52?/m1/s1. The van der Waals surface area contributed by atoms with E-state index in [1.54, 1.807) is 0 Å². The SMILES string of the molecule is CO[C@H]1C(O)[C@@H](COP(=O)(O)OP(O)(=S)OP(=O)(O)OC[C@H]2O[C@@H](n3cnc4c(=O)[nH]c(N)nc43)[C@H](O)[C@@H]2O)O[C@H]1[n+]1cn(C)c2c(=O)[nH]c(N)nc21. The number of rotatable bonds is 13. The molecule has 4 aromatic rings. The van der Waals surface area contributed by atoms with Gasteiger partial charge in [-0.2, -0.15) is 4.98 Å². The number of nitrogens with two attached hydrogens (primary N) is 2. The van der Waals surface area contributed by atoms with Crippen molar-refractivity contribution < 1.29 is 75.6 Å². The number of methoxy groups -OCH3 is 1. The van der Waals surface area contributed by atoms with Crippen molar-refractivity contribution in [2.75, 3.05) is 31.8 Å². The number of imidazole rings is 2. The predicted octanol–water partition coefficient (Wildman–Crippen LogP) is -3.78. The summed E-state index contributed by atoms with van der Waals surface area (Å²) in [4.78, 5) is 71.8. The zero-order valence-corrected chi connectivity index (χ0v) is 30.4. The van der Waals surface area contributed by atoms with Gasteiger partial charge in [0.05, 0.1) is 26.6 Å². The highest BCUT2D eigenvalue weighted by molar-refractivity contribution is 8.09. The first kappa shape index (κ1) is 39.6. The van der Waals surface area contributed by atoms with Gasteiger partial charge in [-0.3, -0.25) is 37.7 Å². The van der Waals surface area contributed by atoms with E-state index in [9.17, 15) is 48.7 Å². The molecule has 0 aliphatic carbocycles. The van der Waals surface area contributed by atoms with E-state index in [4.69, 9.17) is 34.7 Å². The number of aromatic amines is 2. The van der Waals surface area contributed by atoms with Gasteiger partial charge in [0.1, 0.15) is 36.6 Å². The van der Waals surface area contributed by atoms with Gasteiger partial charge >= 0.3 is 28.0 Å². The molecule has 2 saturated heterocycles. The number of anilines is 2. The number of ether oxygens (including phenoxy) is 3. The molecule has 4 unspecified atom stereocenters. The van der Waals surface area contributed by atoms with Crippen LogP contribution in [-0.4, -0.2) is 121 Å². The van der Waals surface area contributed by atoms with Gasteiger partial charge in [-0.15, -0.1) is 0 Å². The highest BCUT2D eigenvalue weighted by atomic mass is 32.5. The van der Waals surface area contributed by atoms with Gasteiger partial charge in [-0.25, -0.2) is 27.3 Å². The topological polar surface area (TPSA) is 390 Å². The lowest BCUT2D eigenvalue weighted by Crippen LogP contribution is -2.47. The Labute approximate surface area is 299 Å². The first-order valence-electron chi connectivity index (χ1n) is 14.8. The predicted molar refractivity (Wildman–Crippen MR) is 175 cm³/mol. The molecule has 0 spiro atoms. The maximum Gasteiger partial charge on any atom is 0.479 e. The lowest BCUT2D eigenvalue weighted by molar-refractivity contribution is -0.746. The van der Waals surface area contributed by atoms with Crippen LogP contribution in [0.3, 0.4) is 0 Å². The van der Waals surface area contributed by atoms with Crippen molar-refractivity contribution in [1.29, 1.82) is 0 Å². The van der Waals surface area contributed by atoms with Crippen molar-refractivity contribution in [2.45, 2.75) is 49.1 Å². The largest absolute Gasteiger partial charge is 0.479 e. The monoisotopic (exact) mass is 833 g/mol. The van der Waals surface area contributed by atoms with Crippen LogP contribution in [0.5, 0.6) is 0 Å². The van der Waals surface area contributed by atoms with Crippen LogP contribution in [0.2, 0.25) is 0 Å². The number of hydrogen-bond acceptors (Lipinski definition) is 20. The number of aliphatic hydroxyl groups excluding tert-OH is 3. The van der Waals surface area contributed by atoms with Crippen molar-refractivity contribution in [3.8, 4) is 0 Å². The Morgan fingerprint density at radius 1 is 0.943 bits per heavy atom. The summed E-state index contributed by atoms with van der Waals surface area (Å²) in [5.74, 6) is -0.499. The van der Waals surface area contributed by atoms with Crippen LogP contribution in [0.15, 0.2) is 22.2 Å². The van der Waals surface area contributed by atoms with Crippen LogP contribution in [-0.2, 0) is 59.9 Å². The van der Waals surface area contributed by atoms with Gasteiger partial charge in [0.2, 0.25) is 17.7 Å². The molecule has 2 aliphatic heterocycles. The molecule has 12 N–H and O–H groups in total. The zero-order chi connectivity index (χ0) is 38.8. The van der Waals surface area contributed by atoms with E-state index in [2.05, 4.69) is 45.3 Å². The molecule has 2 aliphatic rings. The highest BCUT2D eigenvalue weighted by Gasteiger charge is 2.50. The van der Waals surface area contributed by atoms with E-state index in [1.165, 1.54) is 29.6 Å². The average Bonchev–Trinajstić information content (AvgIpc) is 3.77. The molecule has 31 heteroatoms. The van der Waals surface area contributed by atoms with E-state index in [0.29, 0.717) is 0 Å². The van der Waals surface area contributed by atoms with Gasteiger partial charge in [-0.1, -0.05) is 4.98 Å². The van der Waals surface area contributed by atoms with E-state index in [0.717, 1.165) is 10.9 Å². The minimum absolute atomic E-state index is 0.0528. The molecule has 27 nitrogen and oxygen atoms in total. The normalized spacial score (nSPS) is 29.7. The second-order valence-electron chi connectivity index (χ2n) is 11.5. The smallest absolute Gasteiger partial charge is 0.387 e. The lowest BCUT2D eigenvalue weighted by Gasteiger charge is -2.23. The molecule has 0 amide bonds. The molecule has 2 fully saturated rings. The van der Waals surface area contributed by atoms with Crippen LogP contribution < -0.4 is 27.2 Å². The minimum Gasteiger partial charge on any atom is -0.387 e. The summed E-state index contributed by atoms with van der Waals surface area (Å²) in [6.45, 7) is -7.04. The Bertz CT molecular complexity index is 2300. The van der Waals surface area contributed by atoms with Crippen molar-refractivity contribution in [2.24, 2.45) is 7.05 Å². The first-order chi connectivity index (χ1) is 24.7. The Morgan fingerprint density at radius 3 is 2.15 bits per heavy atom. The van der Waals surface area contributed by atoms with Crippen LogP contribution in [0.1, 0.15) is 12.5 Å². The molecule has 0 radical (unpaired) electrons. The molecule has 0 saturated carbocycles. The van der Waals surface area contributed by atoms with Crippen LogP contribution >= 0.6 is 22.4 Å². The molecule has 53 heavy (non-hydrogen) atoms. The molecule has 0 bridgehead atoms. The summed E-state index contributed by atoms with van der Waals surface area (Å²) in [6.07, 6.45) is -9.25. The van der Waals surface area contributed by atoms with Crippen molar-refractivity contribution in [3.63, 3.8) is 0 Å². The summed E-state index contributed by atoms with van der Waals surface area (Å²) in [5.41, 5.74) is 9.84. The molecule has 6 heterocycles. The van der Waals surface area contributed by atoms with Crippen molar-refractivity contribution in [3.05, 3.63) is 33.4 Å². The molecule has 0 aromatic carbocycles. The van der Waals surface area contributed by atoms with Gasteiger partial charge in [0, 0.05) is 7.11 Å². The highest BCUT2D eigenvalue weighted by Crippen LogP contribution is 2.68. The summed E-state index contributed by atoms with van der Waals surface area (Å²) < 4.78 is 64.3. The fraction of sp³-hybridized carbons (Fsp3) is 0.545. The second kappa shape index (κ2) is 14.5. The van der Waals surface area contributed by atoms with Gasteiger partial charge in [0.15, 0.2) is 23.7 Å². The molecule has 292 valence electrons. The number of aromatic nitrogens is 8. The summed E-state index contributed by atoms with van der Waals surface area (Å²) in [7, 11) is -8.15. The third-order valence-electron chi connectivity index (χ3n) is 7.93. The Balaban J connectivity index is 1.06. The maximum absolute atomic E-state index is 12.7. The number of H-pyrrole nitrogens is 2. The van der Waals surface area contributed by atoms with E-state index in [-0.39, 0.29) is 34.2 Å². The van der Waals surface area contributed by atoms with Gasteiger partial charge in [-0.05, 0) is 11.8 Å². The fourth-order valence-electron chi connectivity index (χ4n) is 5.67. The maximum atomic E-state index is 12.7. The number of nitrogens with one attached hydrogen (secondary N) is 2. The molecule has 6 rings (SSSR count). The van der Waals surface area contributed by atoms with Crippen molar-refractivity contribution in [1.82, 2.24) is 34.1 Å². The van der Waals surface area contributed by atoms with E-state index >= 15 is 0 Å². The number of phosphoric acid groups is 2. The van der Waals surface area contributed by atoms with E-state index < -0.39 is 95.8 Å². The second-order valence-corrected chi connectivity index (χ2v) is 17.5. The number of nitrogen functional groups attached to an aromatic ring is 2. The Morgan fingerprint density at radius 2 is 1.53 bits per heavy atom. The Kier molecular flexibility index (Phi) is 10.8. The average molecular weight is 834 g/mol. The third-order valence-corrected chi connectivity index (χ3v) is 13.4. The van der Waals surface area contributed by atoms with Gasteiger partial charge < -0.3 is 55.7 Å². The number of fused-ring (bicyclic) bond motifs is 2.